The van der Waals surface area contributed by atoms with Crippen molar-refractivity contribution in [2.45, 2.75) is 25.3 Å². The minimum Gasteiger partial charge on any atom is -0.372 e. The fourth-order valence-electron chi connectivity index (χ4n) is 3.15. The Morgan fingerprint density at radius 2 is 1.13 bits per heavy atom. The van der Waals surface area contributed by atoms with Crippen LogP contribution in [0.4, 0.5) is 11.4 Å². The van der Waals surface area contributed by atoms with Crippen molar-refractivity contribution in [2.75, 3.05) is 10.6 Å². The lowest BCUT2D eigenvalue weighted by atomic mass is 10.1. The van der Waals surface area contributed by atoms with Crippen molar-refractivity contribution in [1.82, 2.24) is 10.9 Å². The molecule has 30 heavy (non-hydrogen) atoms. The van der Waals surface area contributed by atoms with Gasteiger partial charge in [-0.2, -0.15) is 10.2 Å². The van der Waals surface area contributed by atoms with E-state index >= 15 is 0 Å². The van der Waals surface area contributed by atoms with Gasteiger partial charge in [-0.3, -0.25) is 20.4 Å². The molecule has 0 saturated carbocycles. The van der Waals surface area contributed by atoms with Gasteiger partial charge in [0.2, 0.25) is 0 Å². The Morgan fingerprint density at radius 3 is 1.57 bits per heavy atom. The summed E-state index contributed by atoms with van der Waals surface area (Å²) in [6.45, 7) is 0. The second-order valence-corrected chi connectivity index (χ2v) is 6.79. The molecule has 0 fully saturated rings. The molecule has 2 aliphatic heterocycles. The normalized spacial score (nSPS) is 19.1. The van der Waals surface area contributed by atoms with E-state index in [1.165, 1.54) is 0 Å². The van der Waals surface area contributed by atoms with Gasteiger partial charge in [-0.25, -0.2) is 0 Å². The summed E-state index contributed by atoms with van der Waals surface area (Å²) in [5.74, 6) is -0.716. The third-order valence-electron chi connectivity index (χ3n) is 4.66. The Morgan fingerprint density at radius 1 is 0.733 bits per heavy atom. The molecule has 0 bridgehead atoms. The number of carbonyl (C=O) groups is 2. The second kappa shape index (κ2) is 8.31. The summed E-state index contributed by atoms with van der Waals surface area (Å²) in [5.41, 5.74) is 8.00. The lowest BCUT2D eigenvalue weighted by molar-refractivity contribution is -0.110. The molecule has 0 spiro atoms. The number of anilines is 2. The summed E-state index contributed by atoms with van der Waals surface area (Å²) in [6, 6.07) is 14.2. The number of carbonyl (C=O) groups excluding carboxylic acids is 2. The number of para-hydroxylation sites is 2. The number of nitrogens with one attached hydrogen (secondary N) is 4. The van der Waals surface area contributed by atoms with E-state index in [2.05, 4.69) is 31.7 Å². The summed E-state index contributed by atoms with van der Waals surface area (Å²) >= 11 is 0. The van der Waals surface area contributed by atoms with Crippen LogP contribution in [0.1, 0.15) is 24.0 Å². The van der Waals surface area contributed by atoms with E-state index < -0.39 is 12.5 Å². The lowest BCUT2D eigenvalue weighted by Gasteiger charge is -2.14. The van der Waals surface area contributed by atoms with Gasteiger partial charge in [-0.1, -0.05) is 36.4 Å². The van der Waals surface area contributed by atoms with Crippen molar-refractivity contribution in [1.29, 1.82) is 0 Å². The van der Waals surface area contributed by atoms with Gasteiger partial charge in [0.05, 0.1) is 11.4 Å². The quantitative estimate of drug-likeness (QED) is 0.287. The minimum atomic E-state index is -1.09. The van der Waals surface area contributed by atoms with Crippen LogP contribution in [0, 0.1) is 0 Å². The molecule has 10 nitrogen and oxygen atoms in total. The molecule has 0 saturated heterocycles. The highest BCUT2D eigenvalue weighted by atomic mass is 16.3. The number of amides is 2. The lowest BCUT2D eigenvalue weighted by Crippen LogP contribution is -2.32. The van der Waals surface area contributed by atoms with Gasteiger partial charge in [0.1, 0.15) is 12.5 Å². The molecule has 2 amide bonds. The molecule has 2 aromatic carbocycles. The molecule has 6 N–H and O–H groups in total. The second-order valence-electron chi connectivity index (χ2n) is 6.79. The molecule has 2 heterocycles. The Bertz CT molecular complexity index is 968. The summed E-state index contributed by atoms with van der Waals surface area (Å²) in [5, 5.41) is 33.5. The van der Waals surface area contributed by atoms with Crippen LogP contribution in [0.3, 0.4) is 0 Å². The van der Waals surface area contributed by atoms with Crippen LogP contribution in [0.5, 0.6) is 0 Å². The van der Waals surface area contributed by atoms with Crippen molar-refractivity contribution in [3.05, 3.63) is 59.7 Å². The van der Waals surface area contributed by atoms with Crippen LogP contribution in [0.2, 0.25) is 0 Å². The molecule has 2 unspecified atom stereocenters. The van der Waals surface area contributed by atoms with Gasteiger partial charge < -0.3 is 20.8 Å². The molecule has 154 valence electrons. The van der Waals surface area contributed by atoms with E-state index in [1.54, 1.807) is 48.5 Å². The first-order valence-corrected chi connectivity index (χ1v) is 9.37. The fraction of sp³-hybridized carbons (Fsp3) is 0.200. The van der Waals surface area contributed by atoms with E-state index in [0.29, 0.717) is 22.5 Å². The number of hydrogen-bond acceptors (Lipinski definition) is 8. The zero-order valence-electron chi connectivity index (χ0n) is 15.8. The van der Waals surface area contributed by atoms with Crippen LogP contribution >= 0.6 is 0 Å². The van der Waals surface area contributed by atoms with Gasteiger partial charge in [0, 0.05) is 11.1 Å². The third kappa shape index (κ3) is 4.00. The summed E-state index contributed by atoms with van der Waals surface area (Å²) in [7, 11) is 0. The first-order valence-electron chi connectivity index (χ1n) is 9.37. The maximum atomic E-state index is 12.0. The fourth-order valence-corrected chi connectivity index (χ4v) is 3.15. The van der Waals surface area contributed by atoms with Crippen LogP contribution in [0.25, 0.3) is 0 Å². The van der Waals surface area contributed by atoms with Crippen molar-refractivity contribution in [2.24, 2.45) is 10.2 Å². The van der Waals surface area contributed by atoms with Crippen molar-refractivity contribution < 1.29 is 19.8 Å². The summed E-state index contributed by atoms with van der Waals surface area (Å²) in [4.78, 5) is 23.9. The zero-order valence-corrected chi connectivity index (χ0v) is 15.8. The van der Waals surface area contributed by atoms with Crippen LogP contribution in [0.15, 0.2) is 58.7 Å². The van der Waals surface area contributed by atoms with Gasteiger partial charge in [-0.05, 0) is 25.0 Å². The van der Waals surface area contributed by atoms with Gasteiger partial charge in [0.25, 0.3) is 11.8 Å². The predicted molar refractivity (Wildman–Crippen MR) is 111 cm³/mol. The number of hydrogen-bond donors (Lipinski definition) is 6. The van der Waals surface area contributed by atoms with E-state index in [1.807, 2.05) is 0 Å². The SMILES string of the molecule is O=C1Nc2ccccc2/C1=N\NC(O)CCC(O)N/N=C1/C(=O)Nc2ccccc21. The number of benzene rings is 2. The summed E-state index contributed by atoms with van der Waals surface area (Å²) < 4.78 is 0. The van der Waals surface area contributed by atoms with E-state index in [4.69, 9.17) is 0 Å². The highest BCUT2D eigenvalue weighted by Gasteiger charge is 2.26. The highest BCUT2D eigenvalue weighted by Crippen LogP contribution is 2.23. The van der Waals surface area contributed by atoms with Crippen LogP contribution < -0.4 is 21.5 Å². The number of rotatable bonds is 7. The molecule has 2 atom stereocenters. The molecule has 0 radical (unpaired) electrons. The van der Waals surface area contributed by atoms with E-state index in [9.17, 15) is 19.8 Å². The van der Waals surface area contributed by atoms with Gasteiger partial charge >= 0.3 is 0 Å². The third-order valence-corrected chi connectivity index (χ3v) is 4.66. The molecule has 4 rings (SSSR count). The minimum absolute atomic E-state index is 0.127. The van der Waals surface area contributed by atoms with Gasteiger partial charge in [0.15, 0.2) is 11.4 Å². The molecule has 2 aliphatic rings. The smallest absolute Gasteiger partial charge is 0.276 e. The zero-order chi connectivity index (χ0) is 21.1. The number of aliphatic hydroxyl groups is 2. The Balaban J connectivity index is 1.29. The largest absolute Gasteiger partial charge is 0.372 e. The maximum absolute atomic E-state index is 12.0. The first kappa shape index (κ1) is 19.6. The van der Waals surface area contributed by atoms with E-state index in [0.717, 1.165) is 0 Å². The molecule has 2 aromatic rings. The van der Waals surface area contributed by atoms with Crippen molar-refractivity contribution >= 4 is 34.6 Å². The summed E-state index contributed by atoms with van der Waals surface area (Å²) in [6.07, 6.45) is -1.92. The average Bonchev–Trinajstić information content (AvgIpc) is 3.24. The predicted octanol–water partition coefficient (Wildman–Crippen LogP) is 0.295. The number of hydrazone groups is 2. The maximum Gasteiger partial charge on any atom is 0.276 e. The number of aliphatic hydroxyl groups excluding tert-OH is 2. The number of nitrogens with zero attached hydrogens (tertiary/aromatic N) is 2. The van der Waals surface area contributed by atoms with Crippen LogP contribution in [-0.2, 0) is 9.59 Å². The monoisotopic (exact) mass is 408 g/mol. The molecular formula is C20H20N6O4. The first-order chi connectivity index (χ1) is 14.5. The molecule has 0 aliphatic carbocycles. The molecule has 0 aromatic heterocycles. The Labute approximate surface area is 171 Å². The van der Waals surface area contributed by atoms with Crippen molar-refractivity contribution in [3.8, 4) is 0 Å². The average molecular weight is 408 g/mol. The van der Waals surface area contributed by atoms with Gasteiger partial charge in [-0.15, -0.1) is 0 Å². The van der Waals surface area contributed by atoms with E-state index in [-0.39, 0.29) is 36.1 Å². The highest BCUT2D eigenvalue weighted by molar-refractivity contribution is 6.54. The van der Waals surface area contributed by atoms with Crippen LogP contribution in [-0.4, -0.2) is 45.9 Å². The van der Waals surface area contributed by atoms with Crippen molar-refractivity contribution in [3.63, 3.8) is 0 Å². The molecular weight excluding hydrogens is 388 g/mol. The Hall–Kier alpha value is -3.76. The number of fused-ring (bicyclic) bond motifs is 2. The standard InChI is InChI=1S/C20H20N6O4/c27-15(23-25-17-11-5-1-3-7-13(11)21-19(17)29)9-10-16(28)24-26-18-12-6-2-4-8-14(12)22-20(18)30/h1-8,15-16,23-24,27-28H,9-10H2,(H,21,25,29)(H,22,26,30). The Kier molecular flexibility index (Phi) is 5.42. The topological polar surface area (TPSA) is 147 Å². The molecule has 10 heteroatoms.